The van der Waals surface area contributed by atoms with E-state index in [1.54, 1.807) is 7.11 Å². The molecule has 2 aromatic carbocycles. The van der Waals surface area contributed by atoms with Crippen LogP contribution in [0.3, 0.4) is 0 Å². The third kappa shape index (κ3) is 9.51. The summed E-state index contributed by atoms with van der Waals surface area (Å²) in [4.78, 5) is 4.37. The van der Waals surface area contributed by atoms with Crippen molar-refractivity contribution in [3.63, 3.8) is 0 Å². The van der Waals surface area contributed by atoms with Crippen LogP contribution in [0.4, 0.5) is 0 Å². The van der Waals surface area contributed by atoms with Crippen molar-refractivity contribution in [3.8, 4) is 11.5 Å². The highest BCUT2D eigenvalue weighted by atomic mass is 16.5. The van der Waals surface area contributed by atoms with Crippen molar-refractivity contribution in [3.05, 3.63) is 59.7 Å². The van der Waals surface area contributed by atoms with Crippen LogP contribution in [0, 0.1) is 29.6 Å². The molecule has 0 spiro atoms. The van der Waals surface area contributed by atoms with Gasteiger partial charge in [0.2, 0.25) is 0 Å². The molecule has 0 radical (unpaired) electrons. The molecular formula is C40H64N2O5. The molecule has 0 saturated heterocycles. The number of hydrogen-bond acceptors (Lipinski definition) is 7. The van der Waals surface area contributed by atoms with E-state index in [2.05, 4.69) is 64.0 Å². The third-order valence-electron chi connectivity index (χ3n) is 11.2. The molecule has 2 aromatic rings. The van der Waals surface area contributed by atoms with E-state index in [4.69, 9.17) is 14.2 Å². The van der Waals surface area contributed by atoms with Crippen molar-refractivity contribution < 1.29 is 24.4 Å². The first kappa shape index (κ1) is 37.7. The van der Waals surface area contributed by atoms with Crippen molar-refractivity contribution in [2.24, 2.45) is 29.6 Å². The van der Waals surface area contributed by atoms with E-state index >= 15 is 0 Å². The minimum absolute atomic E-state index is 0.246. The summed E-state index contributed by atoms with van der Waals surface area (Å²) in [6.45, 7) is 8.09. The highest BCUT2D eigenvalue weighted by Crippen LogP contribution is 2.47. The van der Waals surface area contributed by atoms with Crippen LogP contribution in [-0.2, 0) is 15.9 Å². The maximum atomic E-state index is 11.7. The molecule has 0 aromatic heterocycles. The van der Waals surface area contributed by atoms with E-state index in [1.807, 2.05) is 36.4 Å². The third-order valence-corrected chi connectivity index (χ3v) is 11.2. The van der Waals surface area contributed by atoms with Gasteiger partial charge in [-0.1, -0.05) is 57.4 Å². The van der Waals surface area contributed by atoms with Crippen molar-refractivity contribution in [2.45, 2.75) is 82.8 Å². The summed E-state index contributed by atoms with van der Waals surface area (Å²) in [6.07, 6.45) is 10.6. The Labute approximate surface area is 285 Å². The quantitative estimate of drug-likeness (QED) is 0.227. The summed E-state index contributed by atoms with van der Waals surface area (Å²) in [5.41, 5.74) is 0.473. The predicted molar refractivity (Wildman–Crippen MR) is 191 cm³/mol. The molecule has 5 rings (SSSR count). The highest BCUT2D eigenvalue weighted by molar-refractivity contribution is 5.35. The van der Waals surface area contributed by atoms with Crippen molar-refractivity contribution in [2.75, 3.05) is 68.2 Å². The van der Waals surface area contributed by atoms with Gasteiger partial charge in [-0.25, -0.2) is 0 Å². The van der Waals surface area contributed by atoms with Gasteiger partial charge < -0.3 is 34.2 Å². The van der Waals surface area contributed by atoms with E-state index in [0.29, 0.717) is 13.2 Å². The lowest BCUT2D eigenvalue weighted by atomic mass is 9.65. The van der Waals surface area contributed by atoms with Crippen LogP contribution in [0.2, 0.25) is 0 Å². The van der Waals surface area contributed by atoms with E-state index < -0.39 is 11.2 Å². The Bertz CT molecular complexity index is 1220. The van der Waals surface area contributed by atoms with Crippen LogP contribution >= 0.6 is 0 Å². The summed E-state index contributed by atoms with van der Waals surface area (Å²) in [5.74, 6) is 3.48. The molecule has 3 aliphatic carbocycles. The zero-order chi connectivity index (χ0) is 34.0. The fourth-order valence-corrected chi connectivity index (χ4v) is 8.20. The molecule has 3 aliphatic rings. The number of nitrogens with zero attached hydrogens (tertiary/aromatic N) is 2. The van der Waals surface area contributed by atoms with Crippen LogP contribution < -0.4 is 9.47 Å². The van der Waals surface area contributed by atoms with Gasteiger partial charge in [0.15, 0.2) is 0 Å². The maximum Gasteiger partial charge on any atom is 0.119 e. The molecule has 0 bridgehead atoms. The summed E-state index contributed by atoms with van der Waals surface area (Å²) in [5, 5.41) is 23.3. The first-order chi connectivity index (χ1) is 22.5. The lowest BCUT2D eigenvalue weighted by Gasteiger charge is -2.46. The van der Waals surface area contributed by atoms with Crippen molar-refractivity contribution in [1.82, 2.24) is 9.80 Å². The van der Waals surface area contributed by atoms with Gasteiger partial charge in [0.25, 0.3) is 0 Å². The highest BCUT2D eigenvalue weighted by Gasteiger charge is 2.46. The first-order valence-electron chi connectivity index (χ1n) is 18.2. The maximum absolute atomic E-state index is 11.7. The first-order valence-corrected chi connectivity index (χ1v) is 18.2. The Morgan fingerprint density at radius 1 is 0.660 bits per heavy atom. The number of ether oxygens (including phenoxy) is 3. The van der Waals surface area contributed by atoms with Crippen LogP contribution in [0.15, 0.2) is 48.5 Å². The van der Waals surface area contributed by atoms with Gasteiger partial charge in [0.05, 0.1) is 24.4 Å². The zero-order valence-corrected chi connectivity index (χ0v) is 30.4. The molecule has 6 unspecified atom stereocenters. The van der Waals surface area contributed by atoms with Crippen LogP contribution in [-0.4, -0.2) is 88.2 Å². The largest absolute Gasteiger partial charge is 0.493 e. The summed E-state index contributed by atoms with van der Waals surface area (Å²) in [6, 6.07) is 16.2. The smallest absolute Gasteiger partial charge is 0.119 e. The summed E-state index contributed by atoms with van der Waals surface area (Å²) >= 11 is 0. The Morgan fingerprint density at radius 3 is 1.55 bits per heavy atom. The van der Waals surface area contributed by atoms with E-state index in [0.717, 1.165) is 73.9 Å². The second kappa shape index (κ2) is 17.5. The molecule has 264 valence electrons. The van der Waals surface area contributed by atoms with Crippen LogP contribution in [0.25, 0.3) is 0 Å². The fraction of sp³-hybridized carbons (Fsp3) is 0.700. The molecule has 3 fully saturated rings. The van der Waals surface area contributed by atoms with Crippen LogP contribution in [0.1, 0.15) is 82.8 Å². The molecule has 6 atom stereocenters. The zero-order valence-electron chi connectivity index (χ0n) is 30.4. The van der Waals surface area contributed by atoms with Gasteiger partial charge in [-0.15, -0.1) is 0 Å². The second-order valence-corrected chi connectivity index (χ2v) is 15.2. The molecule has 0 amide bonds. The Balaban J connectivity index is 0.000000213. The lowest BCUT2D eigenvalue weighted by molar-refractivity contribution is -0.102. The van der Waals surface area contributed by atoms with Gasteiger partial charge >= 0.3 is 0 Å². The summed E-state index contributed by atoms with van der Waals surface area (Å²) < 4.78 is 16.8. The molecule has 7 nitrogen and oxygen atoms in total. The van der Waals surface area contributed by atoms with Gasteiger partial charge in [0, 0.05) is 32.0 Å². The van der Waals surface area contributed by atoms with Crippen molar-refractivity contribution in [1.29, 1.82) is 0 Å². The number of hydrogen-bond donors (Lipinski definition) is 2. The monoisotopic (exact) mass is 652 g/mol. The fourth-order valence-electron chi connectivity index (χ4n) is 8.20. The summed E-state index contributed by atoms with van der Waals surface area (Å²) in [7, 11) is 10.0. The van der Waals surface area contributed by atoms with Gasteiger partial charge in [-0.2, -0.15) is 0 Å². The number of benzene rings is 2. The molecular weight excluding hydrogens is 588 g/mol. The Kier molecular flexibility index (Phi) is 14.0. The molecule has 2 N–H and O–H groups in total. The number of rotatable bonds is 13. The van der Waals surface area contributed by atoms with Gasteiger partial charge in [-0.3, -0.25) is 0 Å². The van der Waals surface area contributed by atoms with Crippen molar-refractivity contribution >= 4 is 0 Å². The molecule has 7 heteroatoms. The topological polar surface area (TPSA) is 74.6 Å². The molecule has 3 saturated carbocycles. The lowest BCUT2D eigenvalue weighted by Crippen LogP contribution is -2.47. The van der Waals surface area contributed by atoms with Gasteiger partial charge in [-0.05, 0) is 120 Å². The van der Waals surface area contributed by atoms with Gasteiger partial charge in [0.1, 0.15) is 18.1 Å². The second-order valence-electron chi connectivity index (χ2n) is 15.2. The minimum Gasteiger partial charge on any atom is -0.493 e. The molecule has 47 heavy (non-hydrogen) atoms. The number of aliphatic hydroxyl groups is 2. The Morgan fingerprint density at radius 2 is 1.13 bits per heavy atom. The normalized spacial score (nSPS) is 29.6. The van der Waals surface area contributed by atoms with E-state index in [9.17, 15) is 10.2 Å². The molecule has 0 aliphatic heterocycles. The average Bonchev–Trinajstić information content (AvgIpc) is 3.01. The van der Waals surface area contributed by atoms with E-state index in [1.165, 1.54) is 32.1 Å². The standard InChI is InChI=1S/C21H33NO2.C19H31NO3/c1-16-7-4-11-19(14-22(2)3)21(16,23)18-10-6-12-20(13-18)24-15-17-8-5-9-17;1-15-7-5-9-17(14-20(2)3)19(15,21)16-8-6-10-18(13-16)23-12-11-22-4/h6,10,12-13,16-17,19,23H,4-5,7-9,11,14-15H2,1-3H3;6,8,10,13,15,17,21H,5,7,9,11-12,14H2,1-4H3. The minimum atomic E-state index is -0.789. The average molecular weight is 653 g/mol. The number of methoxy groups -OCH3 is 1. The predicted octanol–water partition coefficient (Wildman–Crippen LogP) is 6.95. The molecule has 0 heterocycles. The van der Waals surface area contributed by atoms with Crippen LogP contribution in [0.5, 0.6) is 11.5 Å². The van der Waals surface area contributed by atoms with E-state index in [-0.39, 0.29) is 23.7 Å². The SMILES string of the molecule is CC1CCCC(CN(C)C)C1(O)c1cccc(OCC2CCC2)c1.COCCOc1cccc(C2(O)C(C)CCCC2CN(C)C)c1. The Hall–Kier alpha value is -2.16.